The molecule has 4 heteroatoms. The van der Waals surface area contributed by atoms with Crippen LogP contribution >= 0.6 is 15.9 Å². The summed E-state index contributed by atoms with van der Waals surface area (Å²) in [5, 5.41) is 0. The van der Waals surface area contributed by atoms with Crippen molar-refractivity contribution >= 4 is 15.9 Å². The zero-order chi connectivity index (χ0) is 23.4. The number of rotatable bonds is 4. The normalized spacial score (nSPS) is 26.7. The zero-order valence-corrected chi connectivity index (χ0v) is 21.3. The summed E-state index contributed by atoms with van der Waals surface area (Å²) in [6.45, 7) is 0. The first-order valence-electron chi connectivity index (χ1n) is 12.8. The largest absolute Gasteiger partial charge is 0.208 e. The molecule has 4 fully saturated rings. The molecule has 3 aromatic carbocycles. The van der Waals surface area contributed by atoms with Gasteiger partial charge in [-0.15, -0.1) is 0 Å². The zero-order valence-electron chi connectivity index (χ0n) is 19.7. The highest BCUT2D eigenvalue weighted by Crippen LogP contribution is 2.60. The van der Waals surface area contributed by atoms with Crippen LogP contribution in [0.25, 0.3) is 34.2 Å². The minimum atomic E-state index is 0.407. The minimum Gasteiger partial charge on any atom is -0.208 e. The molecule has 0 amide bonds. The summed E-state index contributed by atoms with van der Waals surface area (Å²) in [6, 6.07) is 27.6. The first-order chi connectivity index (χ1) is 17.1. The van der Waals surface area contributed by atoms with E-state index in [9.17, 15) is 0 Å². The number of aromatic nitrogens is 3. The molecule has 0 atom stereocenters. The van der Waals surface area contributed by atoms with Gasteiger partial charge >= 0.3 is 0 Å². The number of nitrogens with zero attached hydrogens (tertiary/aromatic N) is 3. The molecule has 0 unspecified atom stereocenters. The third-order valence-corrected chi connectivity index (χ3v) is 9.09. The van der Waals surface area contributed by atoms with Crippen molar-refractivity contribution in [3.8, 4) is 34.2 Å². The van der Waals surface area contributed by atoms with Gasteiger partial charge in [-0.3, -0.25) is 0 Å². The minimum absolute atomic E-state index is 0.407. The fraction of sp³-hybridized carbons (Fsp3) is 0.323. The van der Waals surface area contributed by atoms with Crippen LogP contribution in [0, 0.1) is 17.8 Å². The van der Waals surface area contributed by atoms with E-state index in [-0.39, 0.29) is 0 Å². The number of hydrogen-bond acceptors (Lipinski definition) is 3. The van der Waals surface area contributed by atoms with Crippen LogP contribution < -0.4 is 0 Å². The van der Waals surface area contributed by atoms with E-state index in [1.165, 1.54) is 44.1 Å². The molecule has 174 valence electrons. The molecular formula is C31H28BrN3. The van der Waals surface area contributed by atoms with Gasteiger partial charge in [0.2, 0.25) is 0 Å². The summed E-state index contributed by atoms with van der Waals surface area (Å²) in [5.41, 5.74) is 4.98. The second-order valence-electron chi connectivity index (χ2n) is 11.0. The Labute approximate surface area is 215 Å². The van der Waals surface area contributed by atoms with Crippen molar-refractivity contribution in [1.29, 1.82) is 0 Å². The van der Waals surface area contributed by atoms with Gasteiger partial charge in [0.1, 0.15) is 0 Å². The lowest BCUT2D eigenvalue weighted by Crippen LogP contribution is -2.48. The maximum Gasteiger partial charge on any atom is 0.164 e. The van der Waals surface area contributed by atoms with Gasteiger partial charge in [0.25, 0.3) is 0 Å². The van der Waals surface area contributed by atoms with Crippen molar-refractivity contribution in [2.24, 2.45) is 17.8 Å². The van der Waals surface area contributed by atoms with Crippen molar-refractivity contribution in [1.82, 2.24) is 15.0 Å². The maximum absolute atomic E-state index is 4.91. The summed E-state index contributed by atoms with van der Waals surface area (Å²) in [7, 11) is 0. The molecule has 1 aromatic heterocycles. The van der Waals surface area contributed by atoms with E-state index in [1.54, 1.807) is 0 Å². The lowest BCUT2D eigenvalue weighted by molar-refractivity contribution is -0.00518. The monoisotopic (exact) mass is 521 g/mol. The standard InChI is InChI=1S/C31H28BrN3/c32-27-12-8-25(9-13-27)30-34-28(23-4-2-1-3-5-23)33-29(35-30)24-6-10-26(11-7-24)31-17-20-14-21(18-31)16-22(15-20)19-31/h1-13,20-22H,14-19H2. The van der Waals surface area contributed by atoms with Crippen molar-refractivity contribution in [3.63, 3.8) is 0 Å². The second-order valence-corrected chi connectivity index (χ2v) is 11.9. The highest BCUT2D eigenvalue weighted by molar-refractivity contribution is 9.10. The third kappa shape index (κ3) is 3.92. The van der Waals surface area contributed by atoms with Crippen LogP contribution in [-0.2, 0) is 5.41 Å². The van der Waals surface area contributed by atoms with Crippen molar-refractivity contribution in [2.45, 2.75) is 43.9 Å². The van der Waals surface area contributed by atoms with Crippen LogP contribution in [0.2, 0.25) is 0 Å². The first-order valence-corrected chi connectivity index (χ1v) is 13.6. The topological polar surface area (TPSA) is 38.7 Å². The Hall–Kier alpha value is -2.85. The maximum atomic E-state index is 4.91. The van der Waals surface area contributed by atoms with Crippen LogP contribution in [-0.4, -0.2) is 15.0 Å². The molecule has 0 saturated heterocycles. The fourth-order valence-electron chi connectivity index (χ4n) is 7.39. The van der Waals surface area contributed by atoms with Crippen LogP contribution in [0.5, 0.6) is 0 Å². The van der Waals surface area contributed by atoms with Gasteiger partial charge in [0, 0.05) is 21.2 Å². The van der Waals surface area contributed by atoms with E-state index < -0.39 is 0 Å². The molecule has 0 spiro atoms. The first kappa shape index (κ1) is 21.4. The van der Waals surface area contributed by atoms with E-state index in [0.717, 1.165) is 44.7 Å². The van der Waals surface area contributed by atoms with Gasteiger partial charge in [-0.1, -0.05) is 82.7 Å². The van der Waals surface area contributed by atoms with Crippen LogP contribution in [0.3, 0.4) is 0 Å². The average molecular weight is 522 g/mol. The lowest BCUT2D eigenvalue weighted by atomic mass is 9.48. The molecule has 35 heavy (non-hydrogen) atoms. The summed E-state index contributed by atoms with van der Waals surface area (Å²) >= 11 is 3.53. The summed E-state index contributed by atoms with van der Waals surface area (Å²) in [6.07, 6.45) is 8.58. The molecule has 4 bridgehead atoms. The predicted molar refractivity (Wildman–Crippen MR) is 144 cm³/mol. The summed E-state index contributed by atoms with van der Waals surface area (Å²) in [5.74, 6) is 4.99. The Morgan fingerprint density at radius 3 is 1.46 bits per heavy atom. The van der Waals surface area contributed by atoms with Crippen LogP contribution in [0.1, 0.15) is 44.1 Å². The molecule has 8 rings (SSSR count). The van der Waals surface area contributed by atoms with Crippen molar-refractivity contribution in [3.05, 3.63) is 88.9 Å². The van der Waals surface area contributed by atoms with Crippen LogP contribution in [0.4, 0.5) is 0 Å². The molecule has 0 N–H and O–H groups in total. The molecule has 0 radical (unpaired) electrons. The van der Waals surface area contributed by atoms with Crippen LogP contribution in [0.15, 0.2) is 83.3 Å². The molecule has 3 nitrogen and oxygen atoms in total. The fourth-order valence-corrected chi connectivity index (χ4v) is 7.65. The van der Waals surface area contributed by atoms with Crippen molar-refractivity contribution < 1.29 is 0 Å². The van der Waals surface area contributed by atoms with Crippen molar-refractivity contribution in [2.75, 3.05) is 0 Å². The van der Waals surface area contributed by atoms with Gasteiger partial charge in [0.15, 0.2) is 17.5 Å². The Balaban J connectivity index is 1.28. The van der Waals surface area contributed by atoms with E-state index in [4.69, 9.17) is 15.0 Å². The Bertz CT molecular complexity index is 1330. The SMILES string of the molecule is Brc1ccc(-c2nc(-c3ccccc3)nc(-c3ccc(C45CC6CC(CC(C6)C4)C5)cc3)n2)cc1. The molecule has 4 saturated carbocycles. The molecular weight excluding hydrogens is 494 g/mol. The van der Waals surface area contributed by atoms with Gasteiger partial charge < -0.3 is 0 Å². The number of benzene rings is 3. The highest BCUT2D eigenvalue weighted by Gasteiger charge is 2.51. The Morgan fingerprint density at radius 1 is 0.543 bits per heavy atom. The Kier molecular flexibility index (Phi) is 5.13. The quantitative estimate of drug-likeness (QED) is 0.272. The molecule has 4 aromatic rings. The van der Waals surface area contributed by atoms with E-state index in [0.29, 0.717) is 17.1 Å². The van der Waals surface area contributed by atoms with E-state index in [2.05, 4.69) is 52.3 Å². The van der Waals surface area contributed by atoms with Gasteiger partial charge in [0.05, 0.1) is 0 Å². The smallest absolute Gasteiger partial charge is 0.164 e. The molecule has 4 aliphatic rings. The number of halogens is 1. The Morgan fingerprint density at radius 2 is 0.971 bits per heavy atom. The summed E-state index contributed by atoms with van der Waals surface area (Å²) in [4.78, 5) is 14.7. The van der Waals surface area contributed by atoms with E-state index >= 15 is 0 Å². The highest BCUT2D eigenvalue weighted by atomic mass is 79.9. The summed E-state index contributed by atoms with van der Waals surface area (Å²) < 4.78 is 1.04. The molecule has 0 aliphatic heterocycles. The predicted octanol–water partition coefficient (Wildman–Crippen LogP) is 8.10. The molecule has 4 aliphatic carbocycles. The van der Waals surface area contributed by atoms with Gasteiger partial charge in [-0.2, -0.15) is 0 Å². The number of hydrogen-bond donors (Lipinski definition) is 0. The molecule has 1 heterocycles. The second kappa shape index (κ2) is 8.37. The average Bonchev–Trinajstić information content (AvgIpc) is 2.89. The van der Waals surface area contributed by atoms with E-state index in [1.807, 2.05) is 42.5 Å². The van der Waals surface area contributed by atoms with Gasteiger partial charge in [-0.25, -0.2) is 15.0 Å². The third-order valence-electron chi connectivity index (χ3n) is 8.56. The van der Waals surface area contributed by atoms with Gasteiger partial charge in [-0.05, 0) is 79.4 Å². The lowest BCUT2D eigenvalue weighted by Gasteiger charge is -2.57.